The van der Waals surface area contributed by atoms with Gasteiger partial charge in [0.1, 0.15) is 0 Å². The Balaban J connectivity index is 2.75. The van der Waals surface area contributed by atoms with Crippen LogP contribution in [0, 0.1) is 0 Å². The van der Waals surface area contributed by atoms with Crippen LogP contribution in [0.15, 0.2) is 6.20 Å². The topological polar surface area (TPSA) is 38.0 Å². The second-order valence-corrected chi connectivity index (χ2v) is 3.20. The maximum atomic E-state index is 9.03. The van der Waals surface area contributed by atoms with Gasteiger partial charge in [-0.1, -0.05) is 20.3 Å². The summed E-state index contributed by atoms with van der Waals surface area (Å²) in [6, 6.07) is 0. The van der Waals surface area contributed by atoms with E-state index in [0.29, 0.717) is 0 Å². The van der Waals surface area contributed by atoms with Gasteiger partial charge in [0, 0.05) is 17.8 Å². The molecule has 1 N–H and O–H groups in total. The fourth-order valence-electron chi connectivity index (χ4n) is 1.49. The van der Waals surface area contributed by atoms with E-state index in [1.807, 2.05) is 4.68 Å². The highest BCUT2D eigenvalue weighted by Gasteiger charge is 2.06. The molecule has 0 aromatic carbocycles. The molecule has 0 saturated heterocycles. The van der Waals surface area contributed by atoms with Gasteiger partial charge in [-0.25, -0.2) is 0 Å². The molecule has 1 heterocycles. The van der Waals surface area contributed by atoms with Crippen molar-refractivity contribution < 1.29 is 5.11 Å². The van der Waals surface area contributed by atoms with Gasteiger partial charge in [-0.3, -0.25) is 4.68 Å². The first-order valence-corrected chi connectivity index (χ1v) is 4.97. The van der Waals surface area contributed by atoms with Crippen LogP contribution in [0.25, 0.3) is 0 Å². The molecule has 13 heavy (non-hydrogen) atoms. The highest BCUT2D eigenvalue weighted by atomic mass is 16.3. The molecule has 0 spiro atoms. The Kier molecular flexibility index (Phi) is 3.96. The number of rotatable bonds is 5. The number of aryl methyl sites for hydroxylation is 1. The van der Waals surface area contributed by atoms with E-state index in [4.69, 9.17) is 5.11 Å². The Morgan fingerprint density at radius 2 is 2.23 bits per heavy atom. The molecular formula is C10H18N2O. The van der Waals surface area contributed by atoms with E-state index in [-0.39, 0.29) is 6.61 Å². The molecule has 0 radical (unpaired) electrons. The summed E-state index contributed by atoms with van der Waals surface area (Å²) in [5.74, 6) is 0. The van der Waals surface area contributed by atoms with Crippen LogP contribution in [0.5, 0.6) is 0 Å². The highest BCUT2D eigenvalue weighted by Crippen LogP contribution is 2.10. The van der Waals surface area contributed by atoms with Gasteiger partial charge >= 0.3 is 0 Å². The van der Waals surface area contributed by atoms with Crippen molar-refractivity contribution in [1.29, 1.82) is 0 Å². The van der Waals surface area contributed by atoms with Crippen LogP contribution in [0.1, 0.15) is 37.9 Å². The van der Waals surface area contributed by atoms with Crippen molar-refractivity contribution in [3.05, 3.63) is 17.5 Å². The zero-order valence-corrected chi connectivity index (χ0v) is 8.45. The molecule has 0 bridgehead atoms. The fourth-order valence-corrected chi connectivity index (χ4v) is 1.49. The average molecular weight is 182 g/mol. The Bertz CT molecular complexity index is 255. The zero-order valence-electron chi connectivity index (χ0n) is 8.45. The van der Waals surface area contributed by atoms with Crippen LogP contribution < -0.4 is 0 Å². The van der Waals surface area contributed by atoms with Gasteiger partial charge < -0.3 is 5.11 Å². The number of hydrogen-bond acceptors (Lipinski definition) is 2. The molecule has 0 aliphatic carbocycles. The Morgan fingerprint density at radius 3 is 2.77 bits per heavy atom. The normalized spacial score (nSPS) is 10.7. The van der Waals surface area contributed by atoms with Crippen LogP contribution in [-0.2, 0) is 19.6 Å². The standard InChI is InChI=1S/C10H18N2O/c1-3-5-6-12-10(4-2)9(8-13)7-11-12/h7,13H,3-6,8H2,1-2H3. The van der Waals surface area contributed by atoms with Gasteiger partial charge in [0.25, 0.3) is 0 Å². The molecular weight excluding hydrogens is 164 g/mol. The van der Waals surface area contributed by atoms with Crippen molar-refractivity contribution >= 4 is 0 Å². The van der Waals surface area contributed by atoms with Crippen LogP contribution in [0.4, 0.5) is 0 Å². The van der Waals surface area contributed by atoms with E-state index in [9.17, 15) is 0 Å². The fraction of sp³-hybridized carbons (Fsp3) is 0.700. The predicted octanol–water partition coefficient (Wildman–Crippen LogP) is 1.74. The van der Waals surface area contributed by atoms with Crippen molar-refractivity contribution in [1.82, 2.24) is 9.78 Å². The minimum atomic E-state index is 0.106. The Morgan fingerprint density at radius 1 is 1.46 bits per heavy atom. The van der Waals surface area contributed by atoms with Gasteiger partial charge in [-0.2, -0.15) is 5.10 Å². The molecule has 3 heteroatoms. The lowest BCUT2D eigenvalue weighted by Crippen LogP contribution is -2.05. The molecule has 0 aliphatic heterocycles. The Hall–Kier alpha value is -0.830. The van der Waals surface area contributed by atoms with E-state index in [1.54, 1.807) is 6.20 Å². The number of aliphatic hydroxyl groups excluding tert-OH is 1. The van der Waals surface area contributed by atoms with Crippen molar-refractivity contribution in [2.45, 2.75) is 46.3 Å². The van der Waals surface area contributed by atoms with E-state index >= 15 is 0 Å². The molecule has 0 saturated carbocycles. The maximum absolute atomic E-state index is 9.03. The summed E-state index contributed by atoms with van der Waals surface area (Å²) < 4.78 is 2.01. The van der Waals surface area contributed by atoms with Gasteiger partial charge in [-0.15, -0.1) is 0 Å². The second-order valence-electron chi connectivity index (χ2n) is 3.20. The summed E-state index contributed by atoms with van der Waals surface area (Å²) in [5, 5.41) is 13.3. The van der Waals surface area contributed by atoms with Crippen molar-refractivity contribution in [2.24, 2.45) is 0 Å². The molecule has 0 aliphatic rings. The molecule has 0 fully saturated rings. The minimum Gasteiger partial charge on any atom is -0.392 e. The predicted molar refractivity (Wildman–Crippen MR) is 52.4 cm³/mol. The van der Waals surface area contributed by atoms with Crippen molar-refractivity contribution in [3.8, 4) is 0 Å². The van der Waals surface area contributed by atoms with Crippen LogP contribution >= 0.6 is 0 Å². The molecule has 0 amide bonds. The number of aromatic nitrogens is 2. The average Bonchev–Trinajstić information content (AvgIpc) is 2.56. The summed E-state index contributed by atoms with van der Waals surface area (Å²) in [4.78, 5) is 0. The smallest absolute Gasteiger partial charge is 0.0715 e. The third-order valence-corrected chi connectivity index (χ3v) is 2.26. The first kappa shape index (κ1) is 10.3. The van der Waals surface area contributed by atoms with Crippen molar-refractivity contribution in [3.63, 3.8) is 0 Å². The molecule has 74 valence electrons. The van der Waals surface area contributed by atoms with Gasteiger partial charge in [0.2, 0.25) is 0 Å². The van der Waals surface area contributed by atoms with Gasteiger partial charge in [0.15, 0.2) is 0 Å². The molecule has 1 aromatic heterocycles. The van der Waals surface area contributed by atoms with E-state index < -0.39 is 0 Å². The lowest BCUT2D eigenvalue weighted by Gasteiger charge is -2.05. The van der Waals surface area contributed by atoms with E-state index in [0.717, 1.165) is 24.9 Å². The molecule has 0 unspecified atom stereocenters. The quantitative estimate of drug-likeness (QED) is 0.753. The number of aliphatic hydroxyl groups is 1. The summed E-state index contributed by atoms with van der Waals surface area (Å²) in [6.07, 6.45) is 5.05. The molecule has 0 atom stereocenters. The van der Waals surface area contributed by atoms with Gasteiger partial charge in [-0.05, 0) is 12.8 Å². The molecule has 3 nitrogen and oxygen atoms in total. The third kappa shape index (κ3) is 2.31. The Labute approximate surface area is 79.4 Å². The van der Waals surface area contributed by atoms with Crippen LogP contribution in [0.3, 0.4) is 0 Å². The monoisotopic (exact) mass is 182 g/mol. The largest absolute Gasteiger partial charge is 0.392 e. The highest BCUT2D eigenvalue weighted by molar-refractivity contribution is 5.16. The van der Waals surface area contributed by atoms with Crippen molar-refractivity contribution in [2.75, 3.05) is 0 Å². The lowest BCUT2D eigenvalue weighted by atomic mass is 10.2. The lowest BCUT2D eigenvalue weighted by molar-refractivity contribution is 0.280. The summed E-state index contributed by atoms with van der Waals surface area (Å²) in [6.45, 7) is 5.34. The molecule has 1 rings (SSSR count). The molecule has 1 aromatic rings. The van der Waals surface area contributed by atoms with Gasteiger partial charge in [0.05, 0.1) is 12.8 Å². The number of hydrogen-bond donors (Lipinski definition) is 1. The second kappa shape index (κ2) is 5.02. The van der Waals surface area contributed by atoms with Crippen LogP contribution in [-0.4, -0.2) is 14.9 Å². The van der Waals surface area contributed by atoms with Crippen LogP contribution in [0.2, 0.25) is 0 Å². The third-order valence-electron chi connectivity index (χ3n) is 2.26. The number of nitrogens with zero attached hydrogens (tertiary/aromatic N) is 2. The SMILES string of the molecule is CCCCn1ncc(CO)c1CC. The first-order chi connectivity index (χ1) is 6.33. The maximum Gasteiger partial charge on any atom is 0.0715 e. The summed E-state index contributed by atoms with van der Waals surface area (Å²) in [5.41, 5.74) is 2.15. The zero-order chi connectivity index (χ0) is 9.68. The first-order valence-electron chi connectivity index (χ1n) is 4.97. The summed E-state index contributed by atoms with van der Waals surface area (Å²) >= 11 is 0. The number of unbranched alkanes of at least 4 members (excludes halogenated alkanes) is 1. The summed E-state index contributed by atoms with van der Waals surface area (Å²) in [7, 11) is 0. The minimum absolute atomic E-state index is 0.106. The van der Waals surface area contributed by atoms with E-state index in [2.05, 4.69) is 18.9 Å². The van der Waals surface area contributed by atoms with E-state index in [1.165, 1.54) is 12.1 Å².